The highest BCUT2D eigenvalue weighted by atomic mass is 19.4. The topological polar surface area (TPSA) is 18.5 Å². The molecular weight excluding hydrogens is 432 g/mol. The van der Waals surface area contributed by atoms with E-state index < -0.39 is 48.4 Å². The third kappa shape index (κ3) is 4.20. The van der Waals surface area contributed by atoms with E-state index in [1.165, 1.54) is 4.74 Å². The van der Waals surface area contributed by atoms with Crippen molar-refractivity contribution in [3.05, 3.63) is 12.1 Å². The molecule has 0 spiro atoms. The van der Waals surface area contributed by atoms with E-state index in [4.69, 9.17) is 0 Å². The van der Waals surface area contributed by atoms with Gasteiger partial charge in [0.05, 0.1) is 0 Å². The van der Waals surface area contributed by atoms with Crippen LogP contribution in [0.5, 0.6) is 0 Å². The molecule has 0 rings (SSSR count). The second-order valence-corrected chi connectivity index (χ2v) is 3.94. The molecular formula is C8F16O2. The van der Waals surface area contributed by atoms with Gasteiger partial charge in [-0.2, -0.15) is 70.2 Å². The number of ether oxygens (including phenoxy) is 2. The maximum atomic E-state index is 13.4. The van der Waals surface area contributed by atoms with Crippen molar-refractivity contribution in [3.8, 4) is 0 Å². The molecule has 0 aliphatic heterocycles. The van der Waals surface area contributed by atoms with E-state index in [0.29, 0.717) is 0 Å². The van der Waals surface area contributed by atoms with Crippen LogP contribution in [0.25, 0.3) is 0 Å². The lowest BCUT2D eigenvalue weighted by molar-refractivity contribution is -0.534. The van der Waals surface area contributed by atoms with Gasteiger partial charge in [-0.1, -0.05) is 0 Å². The Labute approximate surface area is 129 Å². The molecule has 0 saturated carbocycles. The monoisotopic (exact) mass is 432 g/mol. The van der Waals surface area contributed by atoms with Gasteiger partial charge in [0.25, 0.3) is 0 Å². The Bertz CT molecular complexity index is 539. The van der Waals surface area contributed by atoms with Crippen molar-refractivity contribution in [1.29, 1.82) is 0 Å². The molecule has 0 aliphatic carbocycles. The first-order valence-electron chi connectivity index (χ1n) is 5.09. The fraction of sp³-hybridized carbons (Fsp3) is 0.750. The summed E-state index contributed by atoms with van der Waals surface area (Å²) in [6.07, 6.45) is -26.6. The minimum absolute atomic E-state index is 1.46. The van der Waals surface area contributed by atoms with Crippen molar-refractivity contribution in [2.75, 3.05) is 0 Å². The van der Waals surface area contributed by atoms with Gasteiger partial charge >= 0.3 is 48.4 Å². The lowest BCUT2D eigenvalue weighted by Crippen LogP contribution is -2.63. The van der Waals surface area contributed by atoms with Crippen LogP contribution >= 0.6 is 0 Å². The van der Waals surface area contributed by atoms with Crippen molar-refractivity contribution in [2.24, 2.45) is 0 Å². The van der Waals surface area contributed by atoms with Gasteiger partial charge in [-0.25, -0.2) is 4.74 Å². The third-order valence-corrected chi connectivity index (χ3v) is 2.08. The zero-order valence-corrected chi connectivity index (χ0v) is 10.9. The number of halogens is 16. The smallest absolute Gasteiger partial charge is 0.401 e. The second kappa shape index (κ2) is 6.52. The van der Waals surface area contributed by atoms with Crippen molar-refractivity contribution < 1.29 is 79.7 Å². The van der Waals surface area contributed by atoms with Crippen molar-refractivity contribution in [3.63, 3.8) is 0 Å². The summed E-state index contributed by atoms with van der Waals surface area (Å²) >= 11 is 0. The Morgan fingerprint density at radius 2 is 0.885 bits per heavy atom. The van der Waals surface area contributed by atoms with E-state index >= 15 is 0 Å². The average Bonchev–Trinajstić information content (AvgIpc) is 2.34. The largest absolute Gasteiger partial charge is 0.464 e. The van der Waals surface area contributed by atoms with Crippen molar-refractivity contribution in [2.45, 2.75) is 36.3 Å². The Morgan fingerprint density at radius 1 is 0.538 bits per heavy atom. The summed E-state index contributed by atoms with van der Waals surface area (Å²) in [5.41, 5.74) is 0. The van der Waals surface area contributed by atoms with Crippen molar-refractivity contribution >= 4 is 0 Å². The molecule has 0 aromatic heterocycles. The SMILES string of the molecule is FC(F)=C(F)OC(F)(OC(F)(F)C(F)(F)C(F)(F)F)C(F)(F)C(F)(F)F. The quantitative estimate of drug-likeness (QED) is 0.306. The van der Waals surface area contributed by atoms with Crippen LogP contribution in [0.15, 0.2) is 12.1 Å². The molecule has 1 unspecified atom stereocenters. The summed E-state index contributed by atoms with van der Waals surface area (Å²) in [5.74, 6) is -15.3. The van der Waals surface area contributed by atoms with Gasteiger partial charge < -0.3 is 4.74 Å². The van der Waals surface area contributed by atoms with E-state index in [2.05, 4.69) is 0 Å². The highest BCUT2D eigenvalue weighted by molar-refractivity contribution is 4.94. The number of alkyl halides is 13. The van der Waals surface area contributed by atoms with Crippen LogP contribution < -0.4 is 0 Å². The zero-order valence-electron chi connectivity index (χ0n) is 10.9. The minimum atomic E-state index is -7.64. The summed E-state index contributed by atoms with van der Waals surface area (Å²) in [7, 11) is 0. The molecule has 0 saturated heterocycles. The molecule has 0 fully saturated rings. The van der Waals surface area contributed by atoms with E-state index in [0.717, 1.165) is 0 Å². The van der Waals surface area contributed by atoms with E-state index in [1.54, 1.807) is 0 Å². The van der Waals surface area contributed by atoms with Crippen LogP contribution in [0.4, 0.5) is 70.2 Å². The molecule has 0 heterocycles. The average molecular weight is 432 g/mol. The maximum absolute atomic E-state index is 13.4. The summed E-state index contributed by atoms with van der Waals surface area (Å²) in [6, 6.07) is -11.4. The van der Waals surface area contributed by atoms with Gasteiger partial charge in [0.2, 0.25) is 0 Å². The summed E-state index contributed by atoms with van der Waals surface area (Å²) in [6.45, 7) is 0. The molecule has 0 bridgehead atoms. The summed E-state index contributed by atoms with van der Waals surface area (Å²) < 4.78 is 199. The Morgan fingerprint density at radius 3 is 1.15 bits per heavy atom. The van der Waals surface area contributed by atoms with Gasteiger partial charge in [0.1, 0.15) is 0 Å². The Hall–Kier alpha value is -1.62. The van der Waals surface area contributed by atoms with Gasteiger partial charge in [-0.05, 0) is 0 Å². The lowest BCUT2D eigenvalue weighted by Gasteiger charge is -2.37. The molecule has 0 aromatic carbocycles. The zero-order chi connectivity index (χ0) is 21.6. The van der Waals surface area contributed by atoms with Crippen LogP contribution in [0, 0.1) is 0 Å². The van der Waals surface area contributed by atoms with Gasteiger partial charge in [0.15, 0.2) is 0 Å². The van der Waals surface area contributed by atoms with Crippen LogP contribution in [0.3, 0.4) is 0 Å². The normalized spacial score (nSPS) is 16.9. The molecule has 156 valence electrons. The standard InChI is InChI=1S/C8F16O2/c9-1(10)2(11)25-8(24,4(14,15)6(19,20)21)26-7(22,23)3(12,13)5(16,17)18. The van der Waals surface area contributed by atoms with Crippen molar-refractivity contribution in [1.82, 2.24) is 0 Å². The first-order chi connectivity index (χ1) is 11.0. The van der Waals surface area contributed by atoms with Gasteiger partial charge in [-0.3, -0.25) is 0 Å². The summed E-state index contributed by atoms with van der Waals surface area (Å²) in [4.78, 5) is 0. The van der Waals surface area contributed by atoms with Crippen LogP contribution in [-0.4, -0.2) is 36.3 Å². The molecule has 0 radical (unpaired) electrons. The number of hydrogen-bond donors (Lipinski definition) is 0. The molecule has 0 amide bonds. The van der Waals surface area contributed by atoms with Gasteiger partial charge in [0, 0.05) is 0 Å². The van der Waals surface area contributed by atoms with Crippen LogP contribution in [0.1, 0.15) is 0 Å². The molecule has 18 heteroatoms. The predicted octanol–water partition coefficient (Wildman–Crippen LogP) is 5.67. The fourth-order valence-corrected chi connectivity index (χ4v) is 0.866. The van der Waals surface area contributed by atoms with Gasteiger partial charge in [-0.15, -0.1) is 0 Å². The predicted molar refractivity (Wildman–Crippen MR) is 43.3 cm³/mol. The van der Waals surface area contributed by atoms with E-state index in [1.807, 2.05) is 4.74 Å². The van der Waals surface area contributed by atoms with Crippen LogP contribution in [0.2, 0.25) is 0 Å². The highest BCUT2D eigenvalue weighted by Crippen LogP contribution is 2.54. The van der Waals surface area contributed by atoms with Crippen LogP contribution in [-0.2, 0) is 9.47 Å². The molecule has 0 N–H and O–H groups in total. The minimum Gasteiger partial charge on any atom is -0.401 e. The highest BCUT2D eigenvalue weighted by Gasteiger charge is 2.83. The third-order valence-electron chi connectivity index (χ3n) is 2.08. The Kier molecular flexibility index (Phi) is 6.11. The molecule has 26 heavy (non-hydrogen) atoms. The number of rotatable bonds is 6. The van der Waals surface area contributed by atoms with E-state index in [9.17, 15) is 70.2 Å². The second-order valence-electron chi connectivity index (χ2n) is 3.94. The maximum Gasteiger partial charge on any atom is 0.464 e. The Balaban J connectivity index is 6.36. The molecule has 1 atom stereocenters. The number of hydrogen-bond acceptors (Lipinski definition) is 2. The van der Waals surface area contributed by atoms with E-state index in [-0.39, 0.29) is 0 Å². The molecule has 0 aliphatic rings. The molecule has 0 aromatic rings. The molecule has 2 nitrogen and oxygen atoms in total. The lowest BCUT2D eigenvalue weighted by atomic mass is 10.2. The fourth-order valence-electron chi connectivity index (χ4n) is 0.866. The first kappa shape index (κ1) is 24.4. The first-order valence-corrected chi connectivity index (χ1v) is 5.09. The summed E-state index contributed by atoms with van der Waals surface area (Å²) in [5, 5.41) is 0.